The maximum atomic E-state index is 3.48. The zero-order chi connectivity index (χ0) is 13.8. The molecule has 4 aromatic rings. The van der Waals surface area contributed by atoms with Crippen molar-refractivity contribution in [3.8, 4) is 11.1 Å². The molecule has 0 amide bonds. The van der Waals surface area contributed by atoms with Crippen molar-refractivity contribution in [3.63, 3.8) is 0 Å². The molecule has 0 N–H and O–H groups in total. The van der Waals surface area contributed by atoms with E-state index in [2.05, 4.69) is 66.7 Å². The second kappa shape index (κ2) is 19.3. The predicted octanol–water partition coefficient (Wildman–Crippen LogP) is 9.81. The SMILES string of the molecule is Cl.Cl.[CH3-].[CH3-].[CH3-].[CH3-].[CH3-].[CH3-].[CH3-].[CH3-].[Zr].[c-]1cccc2c1c1c(c3ccccc32)-c2ccccc2C1. The molecule has 182 valence electrons. The zero-order valence-electron chi connectivity index (χ0n) is 20.9. The minimum absolute atomic E-state index is 0. The van der Waals surface area contributed by atoms with Gasteiger partial charge in [-0.3, -0.25) is 0 Å². The number of hydrogen-bond donors (Lipinski definition) is 0. The first-order chi connectivity index (χ1) is 10.4. The van der Waals surface area contributed by atoms with Gasteiger partial charge < -0.3 is 59.4 Å². The van der Waals surface area contributed by atoms with Crippen LogP contribution in [-0.4, -0.2) is 0 Å². The maximum Gasteiger partial charge on any atom is 0 e. The predicted molar refractivity (Wildman–Crippen MR) is 154 cm³/mol. The van der Waals surface area contributed by atoms with Gasteiger partial charge in [-0.1, -0.05) is 53.9 Å². The molecule has 0 radical (unpaired) electrons. The van der Waals surface area contributed by atoms with E-state index < -0.39 is 0 Å². The van der Waals surface area contributed by atoms with Gasteiger partial charge in [-0.15, -0.1) is 65.4 Å². The summed E-state index contributed by atoms with van der Waals surface area (Å²) in [6.45, 7) is 0. The summed E-state index contributed by atoms with van der Waals surface area (Å²) < 4.78 is 0. The first-order valence-corrected chi connectivity index (χ1v) is 7.36. The van der Waals surface area contributed by atoms with E-state index in [0.29, 0.717) is 0 Å². The number of benzene rings is 4. The van der Waals surface area contributed by atoms with Gasteiger partial charge in [0, 0.05) is 26.2 Å². The Bertz CT molecular complexity index is 1030. The van der Waals surface area contributed by atoms with Crippen molar-refractivity contribution in [2.45, 2.75) is 6.42 Å². The number of rotatable bonds is 0. The molecule has 0 nitrogen and oxygen atoms in total. The van der Waals surface area contributed by atoms with Crippen LogP contribution >= 0.6 is 24.8 Å². The fourth-order valence-corrected chi connectivity index (χ4v) is 3.73. The number of fused-ring (bicyclic) bond motifs is 8. The molecule has 32 heavy (non-hydrogen) atoms. The Morgan fingerprint density at radius 2 is 1.06 bits per heavy atom. The van der Waals surface area contributed by atoms with Crippen molar-refractivity contribution in [2.75, 3.05) is 0 Å². The molecule has 0 saturated heterocycles. The summed E-state index contributed by atoms with van der Waals surface area (Å²) >= 11 is 0. The summed E-state index contributed by atoms with van der Waals surface area (Å²) in [7, 11) is 0. The first kappa shape index (κ1) is 48.3. The van der Waals surface area contributed by atoms with Gasteiger partial charge in [0.15, 0.2) is 0 Å². The van der Waals surface area contributed by atoms with Crippen LogP contribution < -0.4 is 0 Å². The summed E-state index contributed by atoms with van der Waals surface area (Å²) in [5.74, 6) is 0. The molecule has 1 aliphatic rings. The van der Waals surface area contributed by atoms with E-state index in [1.54, 1.807) is 0 Å². The topological polar surface area (TPSA) is 0 Å². The van der Waals surface area contributed by atoms with Crippen molar-refractivity contribution < 1.29 is 26.2 Å². The van der Waals surface area contributed by atoms with Crippen molar-refractivity contribution in [1.82, 2.24) is 0 Å². The number of hydrogen-bond acceptors (Lipinski definition) is 0. The average Bonchev–Trinajstić information content (AvgIpc) is 2.95. The Labute approximate surface area is 232 Å². The van der Waals surface area contributed by atoms with E-state index in [1.165, 1.54) is 43.8 Å². The Morgan fingerprint density at radius 3 is 1.69 bits per heavy atom. The average molecular weight is 550 g/mol. The Morgan fingerprint density at radius 1 is 0.562 bits per heavy atom. The normalized spacial score (nSPS) is 8.25. The minimum Gasteiger partial charge on any atom is -0.358 e. The van der Waals surface area contributed by atoms with Crippen LogP contribution in [0, 0.1) is 65.5 Å². The Balaban J connectivity index is -0.000000114. The standard InChI is InChI=1S/C21H13.8CH3.2ClH.Zr/c1-2-8-15-14(7-1)13-20-18-11-4-3-9-16(18)17-10-5-6-12-19(17)21(15)20;;;;;;;;;;;/h1-10,12H,13H2;8*1H3;2*1H;/q9*-1;;;. The second-order valence-electron chi connectivity index (χ2n) is 5.69. The van der Waals surface area contributed by atoms with Crippen molar-refractivity contribution >= 4 is 46.4 Å². The molecule has 0 heterocycles. The molecular formula is C29H39Cl2Zr-9. The zero-order valence-corrected chi connectivity index (χ0v) is 25.0. The summed E-state index contributed by atoms with van der Waals surface area (Å²) in [5.41, 5.74) is 5.67. The van der Waals surface area contributed by atoms with E-state index in [-0.39, 0.29) is 110 Å². The van der Waals surface area contributed by atoms with Crippen molar-refractivity contribution in [3.05, 3.63) is 143 Å². The van der Waals surface area contributed by atoms with Gasteiger partial charge in [0.2, 0.25) is 0 Å². The van der Waals surface area contributed by atoms with Gasteiger partial charge in [0.05, 0.1) is 0 Å². The molecule has 5 rings (SSSR count). The molecule has 4 aromatic carbocycles. The molecule has 1 aliphatic carbocycles. The second-order valence-corrected chi connectivity index (χ2v) is 5.69. The minimum atomic E-state index is 0. The summed E-state index contributed by atoms with van der Waals surface area (Å²) in [5, 5.41) is 5.30. The fraction of sp³-hybridized carbons (Fsp3) is 0.0345. The van der Waals surface area contributed by atoms with Crippen LogP contribution in [0.25, 0.3) is 32.7 Å². The smallest absolute Gasteiger partial charge is 0 e. The van der Waals surface area contributed by atoms with Crippen molar-refractivity contribution in [1.29, 1.82) is 0 Å². The summed E-state index contributed by atoms with van der Waals surface area (Å²) in [6, 6.07) is 27.3. The molecular weight excluding hydrogens is 510 g/mol. The molecule has 0 atom stereocenters. The molecule has 0 unspecified atom stereocenters. The van der Waals surface area contributed by atoms with E-state index >= 15 is 0 Å². The van der Waals surface area contributed by atoms with Crippen LogP contribution in [-0.2, 0) is 32.6 Å². The molecule has 3 heteroatoms. The van der Waals surface area contributed by atoms with Gasteiger partial charge in [-0.25, -0.2) is 0 Å². The first-order valence-electron chi connectivity index (χ1n) is 7.36. The third-order valence-electron chi connectivity index (χ3n) is 4.60. The quantitative estimate of drug-likeness (QED) is 0.133. The third-order valence-corrected chi connectivity index (χ3v) is 4.60. The van der Waals surface area contributed by atoms with Gasteiger partial charge in [0.25, 0.3) is 0 Å². The monoisotopic (exact) mass is 547 g/mol. The summed E-state index contributed by atoms with van der Waals surface area (Å²) in [4.78, 5) is 0. The van der Waals surface area contributed by atoms with E-state index in [9.17, 15) is 0 Å². The maximum absolute atomic E-state index is 3.48. The molecule has 0 fully saturated rings. The fourth-order valence-electron chi connectivity index (χ4n) is 3.73. The molecule has 0 aliphatic heterocycles. The molecule has 0 bridgehead atoms. The van der Waals surface area contributed by atoms with Crippen LogP contribution in [0.2, 0.25) is 0 Å². The van der Waals surface area contributed by atoms with Gasteiger partial charge in [0.1, 0.15) is 0 Å². The summed E-state index contributed by atoms with van der Waals surface area (Å²) in [6.07, 6.45) is 1.02. The van der Waals surface area contributed by atoms with Gasteiger partial charge in [-0.2, -0.15) is 0 Å². The van der Waals surface area contributed by atoms with E-state index in [1.807, 2.05) is 6.07 Å². The Kier molecular flexibility index (Phi) is 29.2. The van der Waals surface area contributed by atoms with Crippen LogP contribution in [0.5, 0.6) is 0 Å². The van der Waals surface area contributed by atoms with Crippen LogP contribution in [0.15, 0.2) is 66.7 Å². The van der Waals surface area contributed by atoms with Crippen LogP contribution in [0.3, 0.4) is 0 Å². The number of halogens is 2. The largest absolute Gasteiger partial charge is 0.358 e. The Hall–Kier alpha value is -1.14. The van der Waals surface area contributed by atoms with E-state index in [0.717, 1.165) is 6.42 Å². The molecule has 0 spiro atoms. The molecule has 0 aromatic heterocycles. The molecule has 0 saturated carbocycles. The van der Waals surface area contributed by atoms with Crippen LogP contribution in [0.1, 0.15) is 11.1 Å². The van der Waals surface area contributed by atoms with Crippen LogP contribution in [0.4, 0.5) is 0 Å². The van der Waals surface area contributed by atoms with Gasteiger partial charge in [-0.05, 0) is 28.5 Å². The van der Waals surface area contributed by atoms with E-state index in [4.69, 9.17) is 0 Å². The third kappa shape index (κ3) is 7.18. The van der Waals surface area contributed by atoms with Gasteiger partial charge >= 0.3 is 0 Å². The van der Waals surface area contributed by atoms with Crippen molar-refractivity contribution in [2.24, 2.45) is 0 Å².